The number of hydrogen-bond acceptors (Lipinski definition) is 4. The zero-order valence-electron chi connectivity index (χ0n) is 15.0. The Kier molecular flexibility index (Phi) is 5.66. The molecule has 25 heavy (non-hydrogen) atoms. The average Bonchev–Trinajstić information content (AvgIpc) is 3.15. The van der Waals surface area contributed by atoms with Crippen LogP contribution in [0.3, 0.4) is 0 Å². The monoisotopic (exact) mass is 338 g/mol. The van der Waals surface area contributed by atoms with Gasteiger partial charge in [0.2, 0.25) is 5.91 Å². The molecule has 0 radical (unpaired) electrons. The third-order valence-electron chi connectivity index (χ3n) is 4.61. The SMILES string of the molecule is CN(C)c1ncccc1CNC(=O)C(c1ccccc1)N1CCCC1. The highest BCUT2D eigenvalue weighted by molar-refractivity contribution is 5.83. The Balaban J connectivity index is 1.75. The second-order valence-corrected chi connectivity index (χ2v) is 6.65. The summed E-state index contributed by atoms with van der Waals surface area (Å²) in [7, 11) is 3.93. The van der Waals surface area contributed by atoms with E-state index in [2.05, 4.69) is 15.2 Å². The van der Waals surface area contributed by atoms with E-state index in [4.69, 9.17) is 0 Å². The van der Waals surface area contributed by atoms with Crippen molar-refractivity contribution >= 4 is 11.7 Å². The van der Waals surface area contributed by atoms with Gasteiger partial charge in [0, 0.05) is 32.4 Å². The van der Waals surface area contributed by atoms with Gasteiger partial charge in [-0.3, -0.25) is 9.69 Å². The van der Waals surface area contributed by atoms with Gasteiger partial charge in [0.15, 0.2) is 0 Å². The number of aromatic nitrogens is 1. The molecule has 1 aromatic heterocycles. The van der Waals surface area contributed by atoms with Gasteiger partial charge in [0.1, 0.15) is 11.9 Å². The first-order valence-corrected chi connectivity index (χ1v) is 8.85. The Bertz CT molecular complexity index is 696. The van der Waals surface area contributed by atoms with E-state index < -0.39 is 0 Å². The first-order chi connectivity index (χ1) is 12.2. The quantitative estimate of drug-likeness (QED) is 0.879. The molecule has 0 saturated carbocycles. The standard InChI is InChI=1S/C20H26N4O/c1-23(2)19-17(11-8-12-21-19)15-22-20(25)18(24-13-6-7-14-24)16-9-4-3-5-10-16/h3-5,8-12,18H,6-7,13-15H2,1-2H3,(H,22,25). The Morgan fingerprint density at radius 3 is 2.56 bits per heavy atom. The molecule has 1 N–H and O–H groups in total. The molecule has 1 aliphatic rings. The number of nitrogens with one attached hydrogen (secondary N) is 1. The van der Waals surface area contributed by atoms with Crippen LogP contribution in [0.2, 0.25) is 0 Å². The van der Waals surface area contributed by atoms with E-state index in [1.54, 1.807) is 6.20 Å². The molecule has 0 spiro atoms. The van der Waals surface area contributed by atoms with Crippen molar-refractivity contribution in [2.75, 3.05) is 32.1 Å². The molecule has 2 aromatic rings. The molecule has 1 amide bonds. The van der Waals surface area contributed by atoms with Gasteiger partial charge in [-0.2, -0.15) is 0 Å². The minimum atomic E-state index is -0.219. The lowest BCUT2D eigenvalue weighted by molar-refractivity contribution is -0.126. The highest BCUT2D eigenvalue weighted by atomic mass is 16.2. The maximum atomic E-state index is 13.0. The molecular formula is C20H26N4O. The number of likely N-dealkylation sites (tertiary alicyclic amines) is 1. The first-order valence-electron chi connectivity index (χ1n) is 8.85. The smallest absolute Gasteiger partial charge is 0.242 e. The summed E-state index contributed by atoms with van der Waals surface area (Å²) in [5.74, 6) is 0.946. The summed E-state index contributed by atoms with van der Waals surface area (Å²) in [6.45, 7) is 2.43. The molecule has 1 fully saturated rings. The fourth-order valence-corrected chi connectivity index (χ4v) is 3.41. The number of rotatable bonds is 6. The van der Waals surface area contributed by atoms with Crippen molar-refractivity contribution in [2.24, 2.45) is 0 Å². The summed E-state index contributed by atoms with van der Waals surface area (Å²) in [5, 5.41) is 3.12. The molecule has 0 bridgehead atoms. The van der Waals surface area contributed by atoms with Gasteiger partial charge in [-0.05, 0) is 37.6 Å². The lowest BCUT2D eigenvalue weighted by Gasteiger charge is -2.27. The molecule has 5 nitrogen and oxygen atoms in total. The molecular weight excluding hydrogens is 312 g/mol. The highest BCUT2D eigenvalue weighted by Gasteiger charge is 2.29. The zero-order chi connectivity index (χ0) is 17.6. The fourth-order valence-electron chi connectivity index (χ4n) is 3.41. The van der Waals surface area contributed by atoms with Gasteiger partial charge in [-0.25, -0.2) is 4.98 Å². The second kappa shape index (κ2) is 8.12. The number of amides is 1. The maximum absolute atomic E-state index is 13.0. The Labute approximate surface area is 149 Å². The maximum Gasteiger partial charge on any atom is 0.242 e. The van der Waals surface area contributed by atoms with E-state index in [0.717, 1.165) is 42.9 Å². The fraction of sp³-hybridized carbons (Fsp3) is 0.400. The Hall–Kier alpha value is -2.40. The normalized spacial score (nSPS) is 15.8. The first kappa shape index (κ1) is 17.4. The van der Waals surface area contributed by atoms with Crippen LogP contribution in [0.1, 0.15) is 30.0 Å². The lowest BCUT2D eigenvalue weighted by atomic mass is 10.0. The molecule has 5 heteroatoms. The van der Waals surface area contributed by atoms with E-state index in [1.165, 1.54) is 0 Å². The van der Waals surface area contributed by atoms with Crippen LogP contribution in [0, 0.1) is 0 Å². The molecule has 1 atom stereocenters. The minimum absolute atomic E-state index is 0.0571. The molecule has 1 aliphatic heterocycles. The van der Waals surface area contributed by atoms with Crippen LogP contribution < -0.4 is 10.2 Å². The molecule has 3 rings (SSSR count). The van der Waals surface area contributed by atoms with E-state index in [-0.39, 0.29) is 11.9 Å². The van der Waals surface area contributed by atoms with Crippen molar-refractivity contribution in [3.05, 3.63) is 59.8 Å². The van der Waals surface area contributed by atoms with E-state index in [9.17, 15) is 4.79 Å². The van der Waals surface area contributed by atoms with Crippen LogP contribution in [0.5, 0.6) is 0 Å². The average molecular weight is 338 g/mol. The predicted molar refractivity (Wildman–Crippen MR) is 100 cm³/mol. The largest absolute Gasteiger partial charge is 0.362 e. The summed E-state index contributed by atoms with van der Waals surface area (Å²) in [5.41, 5.74) is 2.08. The third kappa shape index (κ3) is 4.17. The number of anilines is 1. The molecule has 2 heterocycles. The van der Waals surface area contributed by atoms with Crippen LogP contribution in [-0.4, -0.2) is 43.0 Å². The number of carbonyl (C=O) groups excluding carboxylic acids is 1. The number of carbonyl (C=O) groups is 1. The predicted octanol–water partition coefficient (Wildman–Crippen LogP) is 2.60. The summed E-state index contributed by atoms with van der Waals surface area (Å²) in [4.78, 5) is 21.6. The number of pyridine rings is 1. The molecule has 1 unspecified atom stereocenters. The van der Waals surface area contributed by atoms with Crippen LogP contribution >= 0.6 is 0 Å². The van der Waals surface area contributed by atoms with Crippen molar-refractivity contribution in [3.63, 3.8) is 0 Å². The minimum Gasteiger partial charge on any atom is -0.362 e. The van der Waals surface area contributed by atoms with Crippen LogP contribution in [-0.2, 0) is 11.3 Å². The van der Waals surface area contributed by atoms with Crippen molar-refractivity contribution in [2.45, 2.75) is 25.4 Å². The highest BCUT2D eigenvalue weighted by Crippen LogP contribution is 2.25. The van der Waals surface area contributed by atoms with Gasteiger partial charge in [0.05, 0.1) is 0 Å². The van der Waals surface area contributed by atoms with Crippen LogP contribution in [0.15, 0.2) is 48.7 Å². The van der Waals surface area contributed by atoms with Gasteiger partial charge >= 0.3 is 0 Å². The summed E-state index contributed by atoms with van der Waals surface area (Å²) in [6, 6.07) is 13.8. The van der Waals surface area contributed by atoms with Crippen molar-refractivity contribution < 1.29 is 4.79 Å². The number of benzene rings is 1. The molecule has 0 aliphatic carbocycles. The van der Waals surface area contributed by atoms with E-state index >= 15 is 0 Å². The number of hydrogen-bond donors (Lipinski definition) is 1. The van der Waals surface area contributed by atoms with Crippen LogP contribution in [0.25, 0.3) is 0 Å². The lowest BCUT2D eigenvalue weighted by Crippen LogP contribution is -2.39. The summed E-state index contributed by atoms with van der Waals surface area (Å²) >= 11 is 0. The molecule has 132 valence electrons. The van der Waals surface area contributed by atoms with Gasteiger partial charge < -0.3 is 10.2 Å². The zero-order valence-corrected chi connectivity index (χ0v) is 15.0. The van der Waals surface area contributed by atoms with Crippen molar-refractivity contribution in [1.82, 2.24) is 15.2 Å². The van der Waals surface area contributed by atoms with Gasteiger partial charge in [-0.15, -0.1) is 0 Å². The Morgan fingerprint density at radius 2 is 1.88 bits per heavy atom. The summed E-state index contributed by atoms with van der Waals surface area (Å²) in [6.07, 6.45) is 4.09. The van der Waals surface area contributed by atoms with E-state index in [1.807, 2.05) is 61.5 Å². The summed E-state index contributed by atoms with van der Waals surface area (Å²) < 4.78 is 0. The van der Waals surface area contributed by atoms with Crippen LogP contribution in [0.4, 0.5) is 5.82 Å². The van der Waals surface area contributed by atoms with Crippen molar-refractivity contribution in [3.8, 4) is 0 Å². The Morgan fingerprint density at radius 1 is 1.16 bits per heavy atom. The molecule has 1 saturated heterocycles. The third-order valence-corrected chi connectivity index (χ3v) is 4.61. The molecule has 1 aromatic carbocycles. The van der Waals surface area contributed by atoms with E-state index in [0.29, 0.717) is 6.54 Å². The number of nitrogens with zero attached hydrogens (tertiary/aromatic N) is 3. The van der Waals surface area contributed by atoms with Gasteiger partial charge in [-0.1, -0.05) is 36.4 Å². The topological polar surface area (TPSA) is 48.5 Å². The second-order valence-electron chi connectivity index (χ2n) is 6.65. The van der Waals surface area contributed by atoms with Crippen molar-refractivity contribution in [1.29, 1.82) is 0 Å². The van der Waals surface area contributed by atoms with Gasteiger partial charge in [0.25, 0.3) is 0 Å².